The Morgan fingerprint density at radius 1 is 1.45 bits per heavy atom. The van der Waals surface area contributed by atoms with Gasteiger partial charge in [0.2, 0.25) is 0 Å². The lowest BCUT2D eigenvalue weighted by molar-refractivity contribution is 0.253. The van der Waals surface area contributed by atoms with Crippen molar-refractivity contribution in [1.82, 2.24) is 15.3 Å². The van der Waals surface area contributed by atoms with Crippen molar-refractivity contribution in [3.8, 4) is 0 Å². The van der Waals surface area contributed by atoms with Gasteiger partial charge in [-0.1, -0.05) is 0 Å². The number of aromatic nitrogens is 2. The third-order valence-corrected chi connectivity index (χ3v) is 1.33. The molecule has 1 aromatic heterocycles. The molecule has 5 heteroatoms. The fourth-order valence-corrected chi connectivity index (χ4v) is 0.837. The third-order valence-electron chi connectivity index (χ3n) is 1.33. The second kappa shape index (κ2) is 2.19. The van der Waals surface area contributed by atoms with E-state index in [2.05, 4.69) is 20.6 Å². The number of hydrogen-bond donors (Lipinski definition) is 2. The molecule has 2 N–H and O–H groups in total. The molecule has 5 nitrogen and oxygen atoms in total. The average Bonchev–Trinajstić information content (AvgIpc) is 2.04. The van der Waals surface area contributed by atoms with E-state index in [1.165, 1.54) is 6.33 Å². The second-order valence-electron chi connectivity index (χ2n) is 2.07. The Morgan fingerprint density at radius 2 is 2.36 bits per heavy atom. The van der Waals surface area contributed by atoms with Gasteiger partial charge in [0.1, 0.15) is 12.1 Å². The minimum Gasteiger partial charge on any atom is -0.328 e. The van der Waals surface area contributed by atoms with Gasteiger partial charge in [0, 0.05) is 11.8 Å². The van der Waals surface area contributed by atoms with Gasteiger partial charge >= 0.3 is 6.03 Å². The molecule has 0 unspecified atom stereocenters. The summed E-state index contributed by atoms with van der Waals surface area (Å²) in [4.78, 5) is 18.4. The number of urea groups is 1. The Balaban J connectivity index is 2.41. The number of nitrogens with one attached hydrogen (secondary N) is 2. The van der Waals surface area contributed by atoms with E-state index >= 15 is 0 Å². The van der Waals surface area contributed by atoms with Crippen molar-refractivity contribution in [2.45, 2.75) is 0 Å². The highest BCUT2D eigenvalue weighted by molar-refractivity contribution is 5.92. The predicted octanol–water partition coefficient (Wildman–Crippen LogP) is 0.122. The van der Waals surface area contributed by atoms with E-state index in [-0.39, 0.29) is 6.03 Å². The van der Waals surface area contributed by atoms with Crippen LogP contribution in [0.2, 0.25) is 0 Å². The van der Waals surface area contributed by atoms with Gasteiger partial charge in [-0.15, -0.1) is 0 Å². The van der Waals surface area contributed by atoms with E-state index in [9.17, 15) is 4.79 Å². The molecule has 1 aliphatic rings. The summed E-state index contributed by atoms with van der Waals surface area (Å²) in [5, 5.41) is 5.01. The molecule has 0 aliphatic carbocycles. The van der Waals surface area contributed by atoms with E-state index in [1.807, 2.05) is 0 Å². The van der Waals surface area contributed by atoms with Crippen LogP contribution in [0.5, 0.6) is 0 Å². The maximum absolute atomic E-state index is 10.7. The van der Waals surface area contributed by atoms with Crippen LogP contribution >= 0.6 is 0 Å². The van der Waals surface area contributed by atoms with E-state index < -0.39 is 0 Å². The smallest absolute Gasteiger partial charge is 0.320 e. The first kappa shape index (κ1) is 6.09. The molecular weight excluding hydrogens is 144 g/mol. The molecule has 1 radical (unpaired) electrons. The van der Waals surface area contributed by atoms with Crippen LogP contribution in [0.15, 0.2) is 12.5 Å². The molecule has 1 aromatic rings. The average molecular weight is 149 g/mol. The highest BCUT2D eigenvalue weighted by Gasteiger charge is 2.13. The highest BCUT2D eigenvalue weighted by Crippen LogP contribution is 2.13. The van der Waals surface area contributed by atoms with E-state index in [0.717, 1.165) is 5.56 Å². The standard InChI is InChI=1S/C6H5N4O/c11-6-8-2-4-1-7-3-9-5(4)10-6/h1-3H,(H2,7,8,9,10,11). The fourth-order valence-electron chi connectivity index (χ4n) is 0.837. The fraction of sp³-hybridized carbons (Fsp3) is 0. The molecule has 11 heavy (non-hydrogen) atoms. The Hall–Kier alpha value is -1.65. The molecule has 0 saturated heterocycles. The van der Waals surface area contributed by atoms with Crippen molar-refractivity contribution in [2.75, 3.05) is 5.32 Å². The summed E-state index contributed by atoms with van der Waals surface area (Å²) in [7, 11) is 0. The number of amides is 2. The lowest BCUT2D eigenvalue weighted by atomic mass is 10.3. The molecule has 0 fully saturated rings. The van der Waals surface area contributed by atoms with Crippen LogP contribution in [-0.2, 0) is 0 Å². The quantitative estimate of drug-likeness (QED) is 0.550. The first-order chi connectivity index (χ1) is 5.36. The lowest BCUT2D eigenvalue weighted by Gasteiger charge is -2.14. The lowest BCUT2D eigenvalue weighted by Crippen LogP contribution is -2.32. The number of hydrogen-bond acceptors (Lipinski definition) is 3. The van der Waals surface area contributed by atoms with Crippen molar-refractivity contribution in [3.63, 3.8) is 0 Å². The minimum atomic E-state index is -0.267. The summed E-state index contributed by atoms with van der Waals surface area (Å²) in [5.74, 6) is 0.545. The van der Waals surface area contributed by atoms with Crippen molar-refractivity contribution in [3.05, 3.63) is 24.6 Å². The maximum Gasteiger partial charge on any atom is 0.320 e. The van der Waals surface area contributed by atoms with Crippen LogP contribution in [0.1, 0.15) is 5.56 Å². The largest absolute Gasteiger partial charge is 0.328 e. The Morgan fingerprint density at radius 3 is 3.27 bits per heavy atom. The summed E-state index contributed by atoms with van der Waals surface area (Å²) >= 11 is 0. The summed E-state index contributed by atoms with van der Waals surface area (Å²) in [6.45, 7) is 1.56. The van der Waals surface area contributed by atoms with Crippen LogP contribution in [0.3, 0.4) is 0 Å². The summed E-state index contributed by atoms with van der Waals surface area (Å²) < 4.78 is 0. The zero-order valence-electron chi connectivity index (χ0n) is 5.53. The summed E-state index contributed by atoms with van der Waals surface area (Å²) in [5.41, 5.74) is 0.784. The topological polar surface area (TPSA) is 66.9 Å². The zero-order chi connectivity index (χ0) is 7.68. The van der Waals surface area contributed by atoms with Crippen LogP contribution in [0.4, 0.5) is 10.6 Å². The molecule has 0 spiro atoms. The Kier molecular flexibility index (Phi) is 1.21. The van der Waals surface area contributed by atoms with Crippen molar-refractivity contribution >= 4 is 11.8 Å². The number of fused-ring (bicyclic) bond motifs is 1. The molecule has 55 valence electrons. The van der Waals surface area contributed by atoms with Crippen LogP contribution < -0.4 is 10.6 Å². The number of anilines is 1. The van der Waals surface area contributed by atoms with Gasteiger partial charge in [0.15, 0.2) is 0 Å². The normalized spacial score (nSPS) is 14.7. The molecule has 2 heterocycles. The number of carbonyl (C=O) groups is 1. The number of carbonyl (C=O) groups excluding carboxylic acids is 1. The third kappa shape index (κ3) is 1.000. The van der Waals surface area contributed by atoms with Gasteiger partial charge in [-0.2, -0.15) is 0 Å². The van der Waals surface area contributed by atoms with Crippen molar-refractivity contribution in [2.24, 2.45) is 0 Å². The van der Waals surface area contributed by atoms with Gasteiger partial charge in [-0.3, -0.25) is 5.32 Å². The first-order valence-electron chi connectivity index (χ1n) is 3.07. The van der Waals surface area contributed by atoms with Gasteiger partial charge in [-0.25, -0.2) is 14.8 Å². The van der Waals surface area contributed by atoms with E-state index in [1.54, 1.807) is 12.7 Å². The molecule has 0 saturated carbocycles. The van der Waals surface area contributed by atoms with E-state index in [0.29, 0.717) is 5.82 Å². The molecule has 2 amide bonds. The van der Waals surface area contributed by atoms with Gasteiger partial charge in [-0.05, 0) is 0 Å². The van der Waals surface area contributed by atoms with Crippen molar-refractivity contribution in [1.29, 1.82) is 0 Å². The minimum absolute atomic E-state index is 0.267. The van der Waals surface area contributed by atoms with Gasteiger partial charge in [0.25, 0.3) is 0 Å². The molecule has 0 aromatic carbocycles. The second-order valence-corrected chi connectivity index (χ2v) is 2.07. The summed E-state index contributed by atoms with van der Waals surface area (Å²) in [6.07, 6.45) is 3.01. The molecular formula is C6H5N4O. The van der Waals surface area contributed by atoms with Crippen LogP contribution in [0, 0.1) is 6.54 Å². The SMILES string of the molecule is O=C1N[CH]c2cncnc2N1. The first-order valence-corrected chi connectivity index (χ1v) is 3.07. The summed E-state index contributed by atoms with van der Waals surface area (Å²) in [6, 6.07) is -0.267. The predicted molar refractivity (Wildman–Crippen MR) is 37.6 cm³/mol. The van der Waals surface area contributed by atoms with Gasteiger partial charge in [0.05, 0.1) is 6.54 Å². The molecule has 0 atom stereocenters. The monoisotopic (exact) mass is 149 g/mol. The Labute approximate surface area is 62.9 Å². The molecule has 1 aliphatic heterocycles. The number of nitrogens with zero attached hydrogens (tertiary/aromatic N) is 2. The van der Waals surface area contributed by atoms with Crippen LogP contribution in [0.25, 0.3) is 0 Å². The number of rotatable bonds is 0. The Bertz CT molecular complexity index is 298. The van der Waals surface area contributed by atoms with Gasteiger partial charge < -0.3 is 5.32 Å². The maximum atomic E-state index is 10.7. The van der Waals surface area contributed by atoms with Crippen LogP contribution in [-0.4, -0.2) is 16.0 Å². The molecule has 2 rings (SSSR count). The zero-order valence-corrected chi connectivity index (χ0v) is 5.53. The van der Waals surface area contributed by atoms with Crippen molar-refractivity contribution < 1.29 is 4.79 Å². The van der Waals surface area contributed by atoms with E-state index in [4.69, 9.17) is 0 Å². The highest BCUT2D eigenvalue weighted by atomic mass is 16.2. The molecule has 0 bridgehead atoms.